The summed E-state index contributed by atoms with van der Waals surface area (Å²) in [5, 5.41) is 12.1. The number of nitrogens with one attached hydrogen (secondary N) is 2. The van der Waals surface area contributed by atoms with Gasteiger partial charge in [0.2, 0.25) is 11.6 Å². The minimum Gasteiger partial charge on any atom is -0.382 e. The maximum absolute atomic E-state index is 12.5. The first-order valence-corrected chi connectivity index (χ1v) is 9.93. The molecule has 3 rings (SSSR count). The molecule has 2 aromatic heterocycles. The molecule has 0 aliphatic carbocycles. The maximum Gasteiger partial charge on any atom is 0.280 e. The van der Waals surface area contributed by atoms with Gasteiger partial charge in [0.25, 0.3) is 5.56 Å². The Hall–Kier alpha value is -2.16. The van der Waals surface area contributed by atoms with Gasteiger partial charge in [-0.2, -0.15) is 4.98 Å². The second kappa shape index (κ2) is 9.86. The number of aromatic nitrogens is 5. The van der Waals surface area contributed by atoms with Gasteiger partial charge in [-0.05, 0) is 43.9 Å². The summed E-state index contributed by atoms with van der Waals surface area (Å²) in [6, 6.07) is 5.33. The fourth-order valence-electron chi connectivity index (χ4n) is 2.76. The summed E-state index contributed by atoms with van der Waals surface area (Å²) in [5.74, 6) is 0.326. The highest BCUT2D eigenvalue weighted by Gasteiger charge is 2.12. The van der Waals surface area contributed by atoms with Crippen molar-refractivity contribution in [2.75, 3.05) is 18.5 Å². The highest BCUT2D eigenvalue weighted by Crippen LogP contribution is 2.22. The lowest BCUT2D eigenvalue weighted by atomic mass is 10.2. The molecule has 0 amide bonds. The van der Waals surface area contributed by atoms with E-state index in [0.717, 1.165) is 38.0 Å². The molecule has 0 saturated heterocycles. The predicted octanol–water partition coefficient (Wildman–Crippen LogP) is 3.64. The van der Waals surface area contributed by atoms with Crippen LogP contribution in [0.5, 0.6) is 0 Å². The second-order valence-corrected chi connectivity index (χ2v) is 7.07. The van der Waals surface area contributed by atoms with Gasteiger partial charge in [-0.1, -0.05) is 34.5 Å². The zero-order valence-electron chi connectivity index (χ0n) is 15.5. The Labute approximate surface area is 172 Å². The predicted molar refractivity (Wildman–Crippen MR) is 110 cm³/mol. The fraction of sp³-hybridized carbons (Fsp3) is 0.444. The Bertz CT molecular complexity index is 988. The number of aromatic amines is 1. The average molecular weight is 425 g/mol. The van der Waals surface area contributed by atoms with Gasteiger partial charge in [-0.3, -0.25) is 9.78 Å². The number of anilines is 1. The van der Waals surface area contributed by atoms with E-state index in [1.807, 2.05) is 13.0 Å². The number of halogens is 2. The third-order valence-electron chi connectivity index (χ3n) is 4.19. The van der Waals surface area contributed by atoms with Gasteiger partial charge >= 0.3 is 0 Å². The van der Waals surface area contributed by atoms with Crippen LogP contribution in [0, 0.1) is 0 Å². The Kier molecular flexibility index (Phi) is 7.24. The monoisotopic (exact) mass is 424 g/mol. The maximum atomic E-state index is 12.5. The summed E-state index contributed by atoms with van der Waals surface area (Å²) in [6.07, 6.45) is 2.87. The molecule has 0 aliphatic heterocycles. The van der Waals surface area contributed by atoms with Crippen molar-refractivity contribution in [1.82, 2.24) is 25.0 Å². The summed E-state index contributed by atoms with van der Waals surface area (Å²) in [4.78, 5) is 19.5. The number of rotatable bonds is 10. The van der Waals surface area contributed by atoms with Crippen LogP contribution in [0.1, 0.15) is 31.7 Å². The zero-order chi connectivity index (χ0) is 19.9. The Morgan fingerprint density at radius 2 is 2.07 bits per heavy atom. The molecule has 1 aromatic carbocycles. The van der Waals surface area contributed by atoms with Gasteiger partial charge in [-0.15, -0.1) is 5.10 Å². The number of hydrogen-bond donors (Lipinski definition) is 2. The molecule has 10 heteroatoms. The van der Waals surface area contributed by atoms with E-state index < -0.39 is 0 Å². The topological polar surface area (TPSA) is 97.7 Å². The molecule has 0 bridgehead atoms. The van der Waals surface area contributed by atoms with Crippen molar-refractivity contribution in [1.29, 1.82) is 0 Å². The molecule has 0 aliphatic rings. The first-order valence-electron chi connectivity index (χ1n) is 9.17. The number of unbranched alkanes of at least 4 members (excludes halogenated alkanes) is 2. The highest BCUT2D eigenvalue weighted by atomic mass is 35.5. The molecular formula is C18H22Cl2N6O2. The lowest BCUT2D eigenvalue weighted by Crippen LogP contribution is -2.16. The van der Waals surface area contributed by atoms with Crippen LogP contribution in [0.15, 0.2) is 23.0 Å². The number of ether oxygens (including phenoxy) is 1. The van der Waals surface area contributed by atoms with Crippen molar-refractivity contribution >= 4 is 40.3 Å². The number of H-pyrrole nitrogens is 1. The van der Waals surface area contributed by atoms with Crippen molar-refractivity contribution in [2.24, 2.45) is 0 Å². The second-order valence-electron chi connectivity index (χ2n) is 6.26. The van der Waals surface area contributed by atoms with Gasteiger partial charge in [0.05, 0.1) is 10.0 Å². The van der Waals surface area contributed by atoms with E-state index in [9.17, 15) is 4.79 Å². The van der Waals surface area contributed by atoms with E-state index in [1.165, 1.54) is 0 Å². The molecule has 2 heterocycles. The summed E-state index contributed by atoms with van der Waals surface area (Å²) in [7, 11) is 0. The van der Waals surface area contributed by atoms with E-state index in [2.05, 4.69) is 25.6 Å². The lowest BCUT2D eigenvalue weighted by molar-refractivity contribution is 0.142. The van der Waals surface area contributed by atoms with Gasteiger partial charge < -0.3 is 10.1 Å². The normalized spacial score (nSPS) is 11.2. The van der Waals surface area contributed by atoms with Crippen LogP contribution in [0.2, 0.25) is 10.0 Å². The summed E-state index contributed by atoms with van der Waals surface area (Å²) < 4.78 is 6.92. The number of benzene rings is 1. The van der Waals surface area contributed by atoms with Crippen molar-refractivity contribution in [3.8, 4) is 0 Å². The fourth-order valence-corrected chi connectivity index (χ4v) is 3.08. The summed E-state index contributed by atoms with van der Waals surface area (Å²) >= 11 is 11.9. The van der Waals surface area contributed by atoms with E-state index >= 15 is 0 Å². The average Bonchev–Trinajstić information content (AvgIpc) is 3.09. The molecule has 2 N–H and O–H groups in total. The van der Waals surface area contributed by atoms with Crippen LogP contribution in [-0.2, 0) is 17.8 Å². The largest absolute Gasteiger partial charge is 0.382 e. The van der Waals surface area contributed by atoms with Crippen molar-refractivity contribution < 1.29 is 4.74 Å². The molecule has 0 unspecified atom stereocenters. The molecule has 0 atom stereocenters. The minimum absolute atomic E-state index is 0.277. The SMILES string of the molecule is CCOCCCCCn1nnc2nc(NCc3ccc(Cl)c(Cl)c3)[nH]c(=O)c21. The standard InChI is InChI=1S/C18H22Cl2N6O2/c1-2-28-9-5-3-4-8-26-15-16(24-25-26)22-18(23-17(15)27)21-11-12-6-7-13(19)14(20)10-12/h6-7,10H,2-5,8-9,11H2,1H3,(H2,21,22,23,27). The van der Waals surface area contributed by atoms with Crippen LogP contribution < -0.4 is 10.9 Å². The minimum atomic E-state index is -0.277. The molecule has 0 fully saturated rings. The van der Waals surface area contributed by atoms with Crippen molar-refractivity contribution in [3.63, 3.8) is 0 Å². The first kappa shape index (κ1) is 20.6. The molecule has 8 nitrogen and oxygen atoms in total. The van der Waals surface area contributed by atoms with Crippen LogP contribution >= 0.6 is 23.2 Å². The van der Waals surface area contributed by atoms with Crippen molar-refractivity contribution in [3.05, 3.63) is 44.2 Å². The van der Waals surface area contributed by atoms with Gasteiger partial charge in [0.1, 0.15) is 0 Å². The molecule has 3 aromatic rings. The number of aryl methyl sites for hydroxylation is 1. The first-order chi connectivity index (χ1) is 13.6. The molecule has 28 heavy (non-hydrogen) atoms. The molecule has 0 radical (unpaired) electrons. The Balaban J connectivity index is 1.63. The van der Waals surface area contributed by atoms with E-state index in [1.54, 1.807) is 16.8 Å². The van der Waals surface area contributed by atoms with Crippen LogP contribution in [0.4, 0.5) is 5.95 Å². The number of hydrogen-bond acceptors (Lipinski definition) is 6. The van der Waals surface area contributed by atoms with Crippen LogP contribution in [-0.4, -0.2) is 38.2 Å². The van der Waals surface area contributed by atoms with Gasteiger partial charge in [0, 0.05) is 26.3 Å². The van der Waals surface area contributed by atoms with Crippen molar-refractivity contribution in [2.45, 2.75) is 39.3 Å². The van der Waals surface area contributed by atoms with E-state index in [0.29, 0.717) is 40.2 Å². The van der Waals surface area contributed by atoms with Gasteiger partial charge in [-0.25, -0.2) is 4.68 Å². The quantitative estimate of drug-likeness (QED) is 0.482. The third kappa shape index (κ3) is 5.21. The highest BCUT2D eigenvalue weighted by molar-refractivity contribution is 6.42. The number of nitrogens with zero attached hydrogens (tertiary/aromatic N) is 4. The van der Waals surface area contributed by atoms with Crippen LogP contribution in [0.25, 0.3) is 11.2 Å². The molecule has 0 spiro atoms. The smallest absolute Gasteiger partial charge is 0.280 e. The zero-order valence-corrected chi connectivity index (χ0v) is 17.1. The lowest BCUT2D eigenvalue weighted by Gasteiger charge is -2.07. The Morgan fingerprint density at radius 1 is 1.21 bits per heavy atom. The third-order valence-corrected chi connectivity index (χ3v) is 4.93. The van der Waals surface area contributed by atoms with Crippen LogP contribution in [0.3, 0.4) is 0 Å². The molecule has 150 valence electrons. The van der Waals surface area contributed by atoms with E-state index in [4.69, 9.17) is 27.9 Å². The molecule has 0 saturated carbocycles. The van der Waals surface area contributed by atoms with E-state index in [-0.39, 0.29) is 5.56 Å². The summed E-state index contributed by atoms with van der Waals surface area (Å²) in [6.45, 7) is 4.51. The molecular weight excluding hydrogens is 403 g/mol. The van der Waals surface area contributed by atoms with Gasteiger partial charge in [0.15, 0.2) is 5.52 Å². The summed E-state index contributed by atoms with van der Waals surface area (Å²) in [5.41, 5.74) is 1.33. The number of fused-ring (bicyclic) bond motifs is 1. The Morgan fingerprint density at radius 3 is 2.86 bits per heavy atom.